The molecule has 1 aromatic carbocycles. The third kappa shape index (κ3) is 3.91. The maximum Gasteiger partial charge on any atom is 0.266 e. The molecule has 1 aliphatic rings. The average Bonchev–Trinajstić information content (AvgIpc) is 3.20. The summed E-state index contributed by atoms with van der Waals surface area (Å²) in [4.78, 5) is 18.9. The Morgan fingerprint density at radius 2 is 2.12 bits per heavy atom. The van der Waals surface area contributed by atoms with Crippen molar-refractivity contribution in [3.8, 4) is 5.69 Å². The number of hydrogen-bond acceptors (Lipinski definition) is 5. The highest BCUT2D eigenvalue weighted by Gasteiger charge is 2.31. The van der Waals surface area contributed by atoms with E-state index in [1.807, 2.05) is 41.1 Å². The molecule has 0 radical (unpaired) electrons. The van der Waals surface area contributed by atoms with Gasteiger partial charge in [-0.2, -0.15) is 11.8 Å². The lowest BCUT2D eigenvalue weighted by Gasteiger charge is -2.13. The summed E-state index contributed by atoms with van der Waals surface area (Å²) in [5.74, 6) is 1.05. The Labute approximate surface area is 155 Å². The van der Waals surface area contributed by atoms with Crippen LogP contribution in [0.3, 0.4) is 0 Å². The van der Waals surface area contributed by atoms with Crippen LogP contribution < -0.4 is 0 Å². The molecule has 1 fully saturated rings. The second-order valence-corrected chi connectivity index (χ2v) is 7.90. The van der Waals surface area contributed by atoms with Crippen molar-refractivity contribution in [2.75, 3.05) is 18.6 Å². The Balaban J connectivity index is 1.72. The van der Waals surface area contributed by atoms with Gasteiger partial charge in [0, 0.05) is 24.6 Å². The number of aromatic nitrogens is 2. The van der Waals surface area contributed by atoms with Crippen molar-refractivity contribution < 1.29 is 4.79 Å². The molecule has 0 N–H and O–H groups in total. The second kappa shape index (κ2) is 8.00. The molecule has 1 saturated heterocycles. The Hall–Kier alpha value is -1.57. The summed E-state index contributed by atoms with van der Waals surface area (Å²) < 4.78 is 2.59. The first kappa shape index (κ1) is 17.3. The molecule has 0 unspecified atom stereocenters. The molecule has 0 spiro atoms. The molecule has 3 rings (SSSR count). The fraction of sp³-hybridized carbons (Fsp3) is 0.235. The maximum atomic E-state index is 12.5. The average molecular weight is 376 g/mol. The summed E-state index contributed by atoms with van der Waals surface area (Å²) in [7, 11) is 0. The molecule has 24 heavy (non-hydrogen) atoms. The topological polar surface area (TPSA) is 38.1 Å². The van der Waals surface area contributed by atoms with Crippen LogP contribution in [0, 0.1) is 0 Å². The highest BCUT2D eigenvalue weighted by atomic mass is 32.2. The van der Waals surface area contributed by atoms with Gasteiger partial charge in [-0.25, -0.2) is 4.98 Å². The SMILES string of the molecule is CSCCCN1C(=O)/C(=C\c2ccc(-n3ccnc3)cc2)SC1=S. The lowest BCUT2D eigenvalue weighted by molar-refractivity contribution is -0.122. The number of hydrogen-bond donors (Lipinski definition) is 0. The molecule has 0 aliphatic carbocycles. The molecular weight excluding hydrogens is 358 g/mol. The van der Waals surface area contributed by atoms with Gasteiger partial charge in [-0.05, 0) is 42.2 Å². The number of carbonyl (C=O) groups is 1. The van der Waals surface area contributed by atoms with Gasteiger partial charge in [-0.1, -0.05) is 36.1 Å². The number of carbonyl (C=O) groups excluding carboxylic acids is 1. The summed E-state index contributed by atoms with van der Waals surface area (Å²) >= 11 is 8.51. The summed E-state index contributed by atoms with van der Waals surface area (Å²) in [6.07, 6.45) is 10.3. The number of nitrogens with zero attached hydrogens (tertiary/aromatic N) is 3. The number of thiocarbonyl (C=S) groups is 1. The van der Waals surface area contributed by atoms with Crippen LogP contribution in [-0.4, -0.2) is 43.2 Å². The van der Waals surface area contributed by atoms with E-state index in [2.05, 4.69) is 11.2 Å². The van der Waals surface area contributed by atoms with Gasteiger partial charge >= 0.3 is 0 Å². The van der Waals surface area contributed by atoms with Crippen LogP contribution in [0.15, 0.2) is 47.9 Å². The van der Waals surface area contributed by atoms with Crippen molar-refractivity contribution in [1.82, 2.24) is 14.5 Å². The standard InChI is InChI=1S/C17H17N3OS3/c1-23-10-2-8-20-16(21)15(24-17(20)22)11-13-3-5-14(6-4-13)19-9-7-18-12-19/h3-7,9,11-12H,2,8,10H2,1H3/b15-11+. The Morgan fingerprint density at radius 3 is 2.79 bits per heavy atom. The van der Waals surface area contributed by atoms with Gasteiger partial charge in [-0.15, -0.1) is 0 Å². The maximum absolute atomic E-state index is 12.5. The molecule has 1 aliphatic heterocycles. The number of thioether (sulfide) groups is 2. The number of benzene rings is 1. The minimum atomic E-state index is 0.0183. The van der Waals surface area contributed by atoms with Crippen LogP contribution in [0.4, 0.5) is 0 Å². The molecule has 4 nitrogen and oxygen atoms in total. The smallest absolute Gasteiger partial charge is 0.266 e. The predicted molar refractivity (Wildman–Crippen MR) is 106 cm³/mol. The normalized spacial score (nSPS) is 16.4. The summed E-state index contributed by atoms with van der Waals surface area (Å²) in [5, 5.41) is 0. The number of amides is 1. The molecule has 124 valence electrons. The lowest BCUT2D eigenvalue weighted by Crippen LogP contribution is -2.29. The first-order valence-electron chi connectivity index (χ1n) is 7.52. The van der Waals surface area contributed by atoms with Crippen molar-refractivity contribution in [3.05, 3.63) is 53.5 Å². The van der Waals surface area contributed by atoms with E-state index in [0.29, 0.717) is 15.8 Å². The monoisotopic (exact) mass is 375 g/mol. The fourth-order valence-corrected chi connectivity index (χ4v) is 4.09. The van der Waals surface area contributed by atoms with Gasteiger partial charge in [0.25, 0.3) is 5.91 Å². The Morgan fingerprint density at radius 1 is 1.33 bits per heavy atom. The number of imidazole rings is 1. The third-order valence-electron chi connectivity index (χ3n) is 3.60. The minimum absolute atomic E-state index is 0.0183. The van der Waals surface area contributed by atoms with E-state index in [9.17, 15) is 4.79 Å². The molecule has 0 atom stereocenters. The van der Waals surface area contributed by atoms with Gasteiger partial charge in [0.1, 0.15) is 4.32 Å². The van der Waals surface area contributed by atoms with Crippen molar-refractivity contribution in [2.24, 2.45) is 0 Å². The van der Waals surface area contributed by atoms with E-state index >= 15 is 0 Å². The van der Waals surface area contributed by atoms with E-state index in [1.165, 1.54) is 11.8 Å². The van der Waals surface area contributed by atoms with Gasteiger partial charge in [0.15, 0.2) is 0 Å². The van der Waals surface area contributed by atoms with Gasteiger partial charge in [0.05, 0.1) is 11.2 Å². The van der Waals surface area contributed by atoms with E-state index in [1.54, 1.807) is 29.2 Å². The highest BCUT2D eigenvalue weighted by molar-refractivity contribution is 8.26. The van der Waals surface area contributed by atoms with E-state index in [0.717, 1.165) is 23.4 Å². The van der Waals surface area contributed by atoms with Gasteiger partial charge in [0.2, 0.25) is 0 Å². The van der Waals surface area contributed by atoms with Crippen molar-refractivity contribution in [2.45, 2.75) is 6.42 Å². The van der Waals surface area contributed by atoms with E-state index in [4.69, 9.17) is 12.2 Å². The van der Waals surface area contributed by atoms with Crippen molar-refractivity contribution >= 4 is 52.0 Å². The molecular formula is C17H17N3OS3. The van der Waals surface area contributed by atoms with E-state index in [-0.39, 0.29) is 5.91 Å². The molecule has 1 aromatic heterocycles. The molecule has 7 heteroatoms. The first-order chi connectivity index (χ1) is 11.7. The quantitative estimate of drug-likeness (QED) is 0.436. The second-order valence-electron chi connectivity index (χ2n) is 5.24. The third-order valence-corrected chi connectivity index (χ3v) is 5.67. The fourth-order valence-electron chi connectivity index (χ4n) is 2.37. The minimum Gasteiger partial charge on any atom is -0.306 e. The molecule has 2 aromatic rings. The molecule has 2 heterocycles. The highest BCUT2D eigenvalue weighted by Crippen LogP contribution is 2.32. The zero-order chi connectivity index (χ0) is 16.9. The van der Waals surface area contributed by atoms with Crippen LogP contribution in [0.2, 0.25) is 0 Å². The Kier molecular flexibility index (Phi) is 5.76. The zero-order valence-electron chi connectivity index (χ0n) is 13.2. The molecule has 0 saturated carbocycles. The number of rotatable bonds is 6. The first-order valence-corrected chi connectivity index (χ1v) is 10.1. The molecule has 1 amide bonds. The largest absolute Gasteiger partial charge is 0.306 e. The van der Waals surface area contributed by atoms with E-state index < -0.39 is 0 Å². The van der Waals surface area contributed by atoms with Gasteiger partial charge < -0.3 is 4.57 Å². The zero-order valence-corrected chi connectivity index (χ0v) is 15.7. The Bertz CT molecular complexity index is 754. The van der Waals surface area contributed by atoms with Crippen LogP contribution in [0.1, 0.15) is 12.0 Å². The summed E-state index contributed by atoms with van der Waals surface area (Å²) in [6.45, 7) is 0.697. The van der Waals surface area contributed by atoms with Gasteiger partial charge in [-0.3, -0.25) is 9.69 Å². The summed E-state index contributed by atoms with van der Waals surface area (Å²) in [5.41, 5.74) is 2.03. The lowest BCUT2D eigenvalue weighted by atomic mass is 10.2. The molecule has 0 bridgehead atoms. The van der Waals surface area contributed by atoms with Crippen molar-refractivity contribution in [1.29, 1.82) is 0 Å². The van der Waals surface area contributed by atoms with Crippen molar-refractivity contribution in [3.63, 3.8) is 0 Å². The van der Waals surface area contributed by atoms with Crippen LogP contribution in [-0.2, 0) is 4.79 Å². The van der Waals surface area contributed by atoms with Crippen LogP contribution in [0.5, 0.6) is 0 Å². The summed E-state index contributed by atoms with van der Waals surface area (Å²) in [6, 6.07) is 8.00. The van der Waals surface area contributed by atoms with Crippen LogP contribution in [0.25, 0.3) is 11.8 Å². The van der Waals surface area contributed by atoms with Crippen LogP contribution >= 0.6 is 35.7 Å². The predicted octanol–water partition coefficient (Wildman–Crippen LogP) is 3.83.